The van der Waals surface area contributed by atoms with Crippen LogP contribution in [0, 0.1) is 5.82 Å². The maximum Gasteiger partial charge on any atom is 0.256 e. The van der Waals surface area contributed by atoms with E-state index in [1.54, 1.807) is 29.9 Å². The number of aryl methyl sites for hydroxylation is 1. The predicted molar refractivity (Wildman–Crippen MR) is 80.1 cm³/mol. The zero-order chi connectivity index (χ0) is 15.5. The molecule has 0 bridgehead atoms. The van der Waals surface area contributed by atoms with E-state index < -0.39 is 0 Å². The Morgan fingerprint density at radius 2 is 1.95 bits per heavy atom. The van der Waals surface area contributed by atoms with Gasteiger partial charge in [-0.05, 0) is 18.2 Å². The highest BCUT2D eigenvalue weighted by Crippen LogP contribution is 2.14. The van der Waals surface area contributed by atoms with Crippen LogP contribution in [0.25, 0.3) is 5.82 Å². The number of aromatic nitrogens is 3. The summed E-state index contributed by atoms with van der Waals surface area (Å²) in [6.45, 7) is 0.130. The molecule has 2 aromatic heterocycles. The van der Waals surface area contributed by atoms with E-state index in [1.165, 1.54) is 12.3 Å². The average molecular weight is 298 g/mol. The van der Waals surface area contributed by atoms with Gasteiger partial charge in [-0.2, -0.15) is 5.10 Å². The molecule has 0 spiro atoms. The Bertz CT molecular complexity index is 792. The second kappa shape index (κ2) is 5.85. The summed E-state index contributed by atoms with van der Waals surface area (Å²) in [5.41, 5.74) is 0.886. The van der Waals surface area contributed by atoms with Crippen molar-refractivity contribution in [2.24, 2.45) is 7.05 Å². The first-order valence-electron chi connectivity index (χ1n) is 6.84. The molecule has 22 heavy (non-hydrogen) atoms. The number of nitrogens with one attached hydrogen (secondary N) is 1. The quantitative estimate of drug-likeness (QED) is 0.803. The Hall–Kier alpha value is -2.89. The third-order valence-corrected chi connectivity index (χ3v) is 3.40. The van der Waals surface area contributed by atoms with Crippen LogP contribution in [0.15, 0.2) is 55.0 Å². The maximum atomic E-state index is 13.6. The molecule has 2 heterocycles. The van der Waals surface area contributed by atoms with Crippen molar-refractivity contribution in [3.05, 3.63) is 71.9 Å². The van der Waals surface area contributed by atoms with Gasteiger partial charge in [0.05, 0.1) is 6.20 Å². The van der Waals surface area contributed by atoms with Gasteiger partial charge in [0.2, 0.25) is 0 Å². The van der Waals surface area contributed by atoms with Crippen molar-refractivity contribution in [2.75, 3.05) is 0 Å². The SMILES string of the molecule is Cn1ncc(C(=O)NCc2ccccc2F)c1-n1cccc1. The molecule has 3 rings (SSSR count). The van der Waals surface area contributed by atoms with Gasteiger partial charge in [0.25, 0.3) is 5.91 Å². The number of rotatable bonds is 4. The van der Waals surface area contributed by atoms with Crippen LogP contribution in [-0.2, 0) is 13.6 Å². The third kappa shape index (κ3) is 2.63. The summed E-state index contributed by atoms with van der Waals surface area (Å²) < 4.78 is 17.0. The first kappa shape index (κ1) is 14.1. The first-order valence-corrected chi connectivity index (χ1v) is 6.84. The molecular formula is C16H15FN4O. The summed E-state index contributed by atoms with van der Waals surface area (Å²) >= 11 is 0. The zero-order valence-electron chi connectivity index (χ0n) is 12.0. The van der Waals surface area contributed by atoms with Crippen LogP contribution >= 0.6 is 0 Å². The molecule has 0 aliphatic rings. The van der Waals surface area contributed by atoms with Gasteiger partial charge >= 0.3 is 0 Å². The Labute approximate surface area is 127 Å². The van der Waals surface area contributed by atoms with Gasteiger partial charge in [-0.3, -0.25) is 9.48 Å². The summed E-state index contributed by atoms with van der Waals surface area (Å²) in [4.78, 5) is 12.4. The topological polar surface area (TPSA) is 51.9 Å². The lowest BCUT2D eigenvalue weighted by Crippen LogP contribution is -2.24. The number of benzene rings is 1. The number of nitrogens with zero attached hydrogens (tertiary/aromatic N) is 3. The van der Waals surface area contributed by atoms with E-state index in [1.807, 2.05) is 29.1 Å². The Balaban J connectivity index is 1.81. The van der Waals surface area contributed by atoms with Gasteiger partial charge in [-0.15, -0.1) is 0 Å². The van der Waals surface area contributed by atoms with Crippen molar-refractivity contribution in [2.45, 2.75) is 6.54 Å². The zero-order valence-corrected chi connectivity index (χ0v) is 12.0. The summed E-state index contributed by atoms with van der Waals surface area (Å²) in [6.07, 6.45) is 5.18. The van der Waals surface area contributed by atoms with Crippen LogP contribution in [-0.4, -0.2) is 20.3 Å². The molecule has 0 fully saturated rings. The number of hydrogen-bond acceptors (Lipinski definition) is 2. The van der Waals surface area contributed by atoms with E-state index in [0.29, 0.717) is 16.9 Å². The Morgan fingerprint density at radius 1 is 1.23 bits per heavy atom. The summed E-state index contributed by atoms with van der Waals surface area (Å²) in [5.74, 6) is 0.0377. The maximum absolute atomic E-state index is 13.6. The number of carbonyl (C=O) groups is 1. The first-order chi connectivity index (χ1) is 10.7. The highest BCUT2D eigenvalue weighted by molar-refractivity contribution is 5.97. The molecule has 1 N–H and O–H groups in total. The molecule has 0 aliphatic carbocycles. The van der Waals surface area contributed by atoms with Crippen molar-refractivity contribution in [1.82, 2.24) is 19.7 Å². The lowest BCUT2D eigenvalue weighted by atomic mass is 10.2. The van der Waals surface area contributed by atoms with Crippen molar-refractivity contribution >= 4 is 5.91 Å². The molecule has 0 radical (unpaired) electrons. The monoisotopic (exact) mass is 298 g/mol. The number of carbonyl (C=O) groups excluding carboxylic acids is 1. The van der Waals surface area contributed by atoms with E-state index >= 15 is 0 Å². The summed E-state index contributed by atoms with van der Waals surface area (Å²) in [6, 6.07) is 10.1. The molecule has 3 aromatic rings. The normalized spacial score (nSPS) is 10.6. The fourth-order valence-corrected chi connectivity index (χ4v) is 2.29. The molecule has 0 aliphatic heterocycles. The van der Waals surface area contributed by atoms with Crippen molar-refractivity contribution < 1.29 is 9.18 Å². The van der Waals surface area contributed by atoms with Gasteiger partial charge in [0, 0.05) is 31.5 Å². The molecule has 0 saturated heterocycles. The number of amides is 1. The van der Waals surface area contributed by atoms with E-state index in [9.17, 15) is 9.18 Å². The van der Waals surface area contributed by atoms with Gasteiger partial charge in [-0.1, -0.05) is 18.2 Å². The second-order valence-corrected chi connectivity index (χ2v) is 4.87. The lowest BCUT2D eigenvalue weighted by Gasteiger charge is -2.09. The van der Waals surface area contributed by atoms with E-state index in [0.717, 1.165) is 0 Å². The molecule has 0 saturated carbocycles. The van der Waals surface area contributed by atoms with Gasteiger partial charge in [0.15, 0.2) is 0 Å². The van der Waals surface area contributed by atoms with E-state index in [-0.39, 0.29) is 18.3 Å². The summed E-state index contributed by atoms with van der Waals surface area (Å²) in [7, 11) is 1.77. The van der Waals surface area contributed by atoms with Gasteiger partial charge < -0.3 is 9.88 Å². The second-order valence-electron chi connectivity index (χ2n) is 4.87. The molecule has 1 aromatic carbocycles. The van der Waals surface area contributed by atoms with Gasteiger partial charge in [0.1, 0.15) is 17.2 Å². The molecule has 1 amide bonds. The molecule has 0 atom stereocenters. The minimum absolute atomic E-state index is 0.130. The van der Waals surface area contributed by atoms with Crippen LogP contribution < -0.4 is 5.32 Å². The lowest BCUT2D eigenvalue weighted by molar-refractivity contribution is 0.0950. The predicted octanol–water partition coefficient (Wildman–Crippen LogP) is 2.28. The Morgan fingerprint density at radius 3 is 2.68 bits per heavy atom. The van der Waals surface area contributed by atoms with Crippen LogP contribution in [0.1, 0.15) is 15.9 Å². The fourth-order valence-electron chi connectivity index (χ4n) is 2.29. The highest BCUT2D eigenvalue weighted by atomic mass is 19.1. The average Bonchev–Trinajstić information content (AvgIpc) is 3.15. The van der Waals surface area contributed by atoms with E-state index in [2.05, 4.69) is 10.4 Å². The van der Waals surface area contributed by atoms with Crippen LogP contribution in [0.3, 0.4) is 0 Å². The minimum Gasteiger partial charge on any atom is -0.348 e. The minimum atomic E-state index is -0.334. The Kier molecular flexibility index (Phi) is 3.74. The third-order valence-electron chi connectivity index (χ3n) is 3.40. The van der Waals surface area contributed by atoms with Crippen LogP contribution in [0.2, 0.25) is 0 Å². The molecule has 112 valence electrons. The molecule has 0 unspecified atom stereocenters. The standard InChI is InChI=1S/C16H15FN4O/c1-20-16(21-8-4-5-9-21)13(11-19-20)15(22)18-10-12-6-2-3-7-14(12)17/h2-9,11H,10H2,1H3,(H,18,22). The molecule has 5 nitrogen and oxygen atoms in total. The molecule has 6 heteroatoms. The van der Waals surface area contributed by atoms with Crippen LogP contribution in [0.4, 0.5) is 4.39 Å². The van der Waals surface area contributed by atoms with Crippen LogP contribution in [0.5, 0.6) is 0 Å². The van der Waals surface area contributed by atoms with Crippen molar-refractivity contribution in [1.29, 1.82) is 0 Å². The smallest absolute Gasteiger partial charge is 0.256 e. The number of halogens is 1. The fraction of sp³-hybridized carbons (Fsp3) is 0.125. The van der Waals surface area contributed by atoms with Gasteiger partial charge in [-0.25, -0.2) is 4.39 Å². The van der Waals surface area contributed by atoms with Crippen molar-refractivity contribution in [3.8, 4) is 5.82 Å². The molecular weight excluding hydrogens is 283 g/mol. The largest absolute Gasteiger partial charge is 0.348 e. The van der Waals surface area contributed by atoms with Crippen molar-refractivity contribution in [3.63, 3.8) is 0 Å². The number of hydrogen-bond donors (Lipinski definition) is 1. The highest BCUT2D eigenvalue weighted by Gasteiger charge is 2.17. The van der Waals surface area contributed by atoms with E-state index in [4.69, 9.17) is 0 Å². The summed E-state index contributed by atoms with van der Waals surface area (Å²) in [5, 5.41) is 6.85.